The quantitative estimate of drug-likeness (QED) is 0.706. The Hall–Kier alpha value is -2.59. The molecule has 2 aromatic carbocycles. The van der Waals surface area contributed by atoms with Crippen LogP contribution in [0.3, 0.4) is 0 Å². The fraction of sp³-hybridized carbons (Fsp3) is 0. The summed E-state index contributed by atoms with van der Waals surface area (Å²) in [6, 6.07) is 13.7. The van der Waals surface area contributed by atoms with E-state index in [1.807, 2.05) is 30.3 Å². The third-order valence-electron chi connectivity index (χ3n) is 3.09. The van der Waals surface area contributed by atoms with Gasteiger partial charge in [-0.2, -0.15) is 0 Å². The number of phenols is 1. The number of rotatable bonds is 2. The van der Waals surface area contributed by atoms with Gasteiger partial charge in [-0.3, -0.25) is 9.78 Å². The summed E-state index contributed by atoms with van der Waals surface area (Å²) in [7, 11) is 0. The Kier molecular flexibility index (Phi) is 3.46. The maximum Gasteiger partial charge on any atom is 0.274 e. The van der Waals surface area contributed by atoms with Crippen LogP contribution in [0.15, 0.2) is 54.7 Å². The third-order valence-corrected chi connectivity index (χ3v) is 3.40. The van der Waals surface area contributed by atoms with Gasteiger partial charge in [-0.1, -0.05) is 35.9 Å². The number of fused-ring (bicyclic) bond motifs is 1. The van der Waals surface area contributed by atoms with Crippen molar-refractivity contribution in [1.29, 1.82) is 0 Å². The van der Waals surface area contributed by atoms with Crippen molar-refractivity contribution in [3.63, 3.8) is 0 Å². The number of halogens is 1. The second kappa shape index (κ2) is 5.42. The first-order valence-corrected chi connectivity index (χ1v) is 6.66. The number of amides is 1. The molecule has 0 aliphatic rings. The minimum absolute atomic E-state index is 0.0429. The lowest BCUT2D eigenvalue weighted by Gasteiger charge is -2.08. The number of aromatic hydroxyl groups is 1. The second-order valence-electron chi connectivity index (χ2n) is 4.50. The van der Waals surface area contributed by atoms with Crippen molar-refractivity contribution in [2.75, 3.05) is 5.32 Å². The zero-order valence-electron chi connectivity index (χ0n) is 10.9. The highest BCUT2D eigenvalue weighted by molar-refractivity contribution is 6.34. The van der Waals surface area contributed by atoms with Crippen molar-refractivity contribution >= 4 is 34.0 Å². The number of nitrogens with zero attached hydrogens (tertiary/aromatic N) is 1. The molecule has 3 aromatic rings. The van der Waals surface area contributed by atoms with Gasteiger partial charge in [0.25, 0.3) is 5.91 Å². The lowest BCUT2D eigenvalue weighted by molar-refractivity contribution is 0.102. The van der Waals surface area contributed by atoms with Gasteiger partial charge in [0, 0.05) is 17.6 Å². The van der Waals surface area contributed by atoms with E-state index in [-0.39, 0.29) is 16.7 Å². The number of hydrogen-bond acceptors (Lipinski definition) is 3. The normalized spacial score (nSPS) is 10.5. The van der Waals surface area contributed by atoms with E-state index in [0.29, 0.717) is 11.4 Å². The highest BCUT2D eigenvalue weighted by atomic mass is 35.5. The number of pyridine rings is 1. The van der Waals surface area contributed by atoms with Crippen LogP contribution in [0.4, 0.5) is 5.69 Å². The molecule has 1 amide bonds. The van der Waals surface area contributed by atoms with Crippen molar-refractivity contribution in [2.24, 2.45) is 0 Å². The van der Waals surface area contributed by atoms with Crippen LogP contribution in [-0.4, -0.2) is 16.0 Å². The van der Waals surface area contributed by atoms with Crippen molar-refractivity contribution in [3.05, 3.63) is 65.4 Å². The minimum Gasteiger partial charge on any atom is -0.508 e. The van der Waals surface area contributed by atoms with Gasteiger partial charge >= 0.3 is 0 Å². The number of anilines is 1. The highest BCUT2D eigenvalue weighted by Crippen LogP contribution is 2.27. The highest BCUT2D eigenvalue weighted by Gasteiger charge is 2.13. The largest absolute Gasteiger partial charge is 0.508 e. The number of nitrogens with one attached hydrogen (secondary N) is 1. The number of benzene rings is 2. The smallest absolute Gasteiger partial charge is 0.274 e. The maximum atomic E-state index is 12.4. The Bertz CT molecular complexity index is 828. The van der Waals surface area contributed by atoms with E-state index < -0.39 is 0 Å². The van der Waals surface area contributed by atoms with E-state index in [0.717, 1.165) is 10.8 Å². The van der Waals surface area contributed by atoms with Crippen molar-refractivity contribution in [3.8, 4) is 5.75 Å². The number of phenolic OH excluding ortho intramolecular Hbond substituents is 1. The maximum absolute atomic E-state index is 12.4. The predicted molar refractivity (Wildman–Crippen MR) is 82.8 cm³/mol. The lowest BCUT2D eigenvalue weighted by Crippen LogP contribution is -2.14. The summed E-state index contributed by atoms with van der Waals surface area (Å²) in [6.07, 6.45) is 1.59. The molecule has 3 rings (SSSR count). The van der Waals surface area contributed by atoms with Crippen LogP contribution in [0.1, 0.15) is 10.5 Å². The van der Waals surface area contributed by atoms with E-state index in [2.05, 4.69) is 10.3 Å². The van der Waals surface area contributed by atoms with Crippen molar-refractivity contribution in [2.45, 2.75) is 0 Å². The van der Waals surface area contributed by atoms with Gasteiger partial charge in [-0.15, -0.1) is 0 Å². The topological polar surface area (TPSA) is 62.2 Å². The van der Waals surface area contributed by atoms with Crippen LogP contribution in [0.5, 0.6) is 5.75 Å². The molecule has 1 heterocycles. The average Bonchev–Trinajstić information content (AvgIpc) is 2.49. The summed E-state index contributed by atoms with van der Waals surface area (Å²) in [5.41, 5.74) is 0.756. The molecule has 5 heteroatoms. The molecule has 0 aliphatic carbocycles. The number of carbonyl (C=O) groups is 1. The van der Waals surface area contributed by atoms with E-state index >= 15 is 0 Å². The molecule has 104 valence electrons. The van der Waals surface area contributed by atoms with Crippen LogP contribution in [0, 0.1) is 0 Å². The number of hydrogen-bond donors (Lipinski definition) is 2. The third kappa shape index (κ3) is 2.66. The monoisotopic (exact) mass is 298 g/mol. The molecular formula is C16H11ClN2O2. The van der Waals surface area contributed by atoms with E-state index in [9.17, 15) is 9.90 Å². The molecule has 0 fully saturated rings. The van der Waals surface area contributed by atoms with Gasteiger partial charge in [0.1, 0.15) is 11.4 Å². The number of aromatic nitrogens is 1. The van der Waals surface area contributed by atoms with Gasteiger partial charge in [-0.25, -0.2) is 0 Å². The fourth-order valence-electron chi connectivity index (χ4n) is 2.09. The Morgan fingerprint density at radius 2 is 1.95 bits per heavy atom. The Labute approximate surface area is 126 Å². The lowest BCUT2D eigenvalue weighted by atomic mass is 10.1. The summed E-state index contributed by atoms with van der Waals surface area (Å²) in [5.74, 6) is -0.305. The summed E-state index contributed by atoms with van der Waals surface area (Å²) in [5, 5.41) is 14.0. The van der Waals surface area contributed by atoms with E-state index in [1.165, 1.54) is 12.1 Å². The summed E-state index contributed by atoms with van der Waals surface area (Å²) in [6.45, 7) is 0. The van der Waals surface area contributed by atoms with Crippen LogP contribution >= 0.6 is 11.6 Å². The standard InChI is InChI=1S/C16H11ClN2O2/c17-13-9-11(20)5-6-14(13)19-16(21)15-12-4-2-1-3-10(12)7-8-18-15/h1-9,20H,(H,19,21). The van der Waals surface area contributed by atoms with Crippen LogP contribution in [-0.2, 0) is 0 Å². The molecule has 0 unspecified atom stereocenters. The van der Waals surface area contributed by atoms with Crippen molar-refractivity contribution < 1.29 is 9.90 Å². The van der Waals surface area contributed by atoms with E-state index in [4.69, 9.17) is 11.6 Å². The van der Waals surface area contributed by atoms with Crippen LogP contribution in [0.2, 0.25) is 5.02 Å². The molecule has 0 saturated heterocycles. The van der Waals surface area contributed by atoms with Crippen LogP contribution in [0.25, 0.3) is 10.8 Å². The zero-order chi connectivity index (χ0) is 14.8. The minimum atomic E-state index is -0.348. The molecule has 0 atom stereocenters. The van der Waals surface area contributed by atoms with E-state index in [1.54, 1.807) is 12.3 Å². The Morgan fingerprint density at radius 1 is 1.14 bits per heavy atom. The van der Waals surface area contributed by atoms with Gasteiger partial charge in [-0.05, 0) is 23.6 Å². The molecule has 0 saturated carbocycles. The Morgan fingerprint density at radius 3 is 2.76 bits per heavy atom. The van der Waals surface area contributed by atoms with Gasteiger partial charge in [0.2, 0.25) is 0 Å². The van der Waals surface area contributed by atoms with Gasteiger partial charge < -0.3 is 10.4 Å². The molecule has 1 aromatic heterocycles. The first kappa shape index (κ1) is 13.4. The SMILES string of the molecule is O=C(Nc1ccc(O)cc1Cl)c1nccc2ccccc12. The zero-order valence-corrected chi connectivity index (χ0v) is 11.6. The summed E-state index contributed by atoms with van der Waals surface area (Å²) in [4.78, 5) is 16.5. The molecule has 0 bridgehead atoms. The molecule has 4 nitrogen and oxygen atoms in total. The molecule has 0 spiro atoms. The molecule has 2 N–H and O–H groups in total. The molecule has 0 radical (unpaired) electrons. The molecule has 21 heavy (non-hydrogen) atoms. The molecular weight excluding hydrogens is 288 g/mol. The van der Waals surface area contributed by atoms with Crippen LogP contribution < -0.4 is 5.32 Å². The average molecular weight is 299 g/mol. The van der Waals surface area contributed by atoms with Gasteiger partial charge in [0.15, 0.2) is 0 Å². The Balaban J connectivity index is 1.97. The van der Waals surface area contributed by atoms with Gasteiger partial charge in [0.05, 0.1) is 10.7 Å². The first-order valence-electron chi connectivity index (χ1n) is 6.29. The number of carbonyl (C=O) groups excluding carboxylic acids is 1. The fourth-order valence-corrected chi connectivity index (χ4v) is 2.31. The second-order valence-corrected chi connectivity index (χ2v) is 4.91. The molecule has 0 aliphatic heterocycles. The summed E-state index contributed by atoms with van der Waals surface area (Å²) < 4.78 is 0. The predicted octanol–water partition coefficient (Wildman–Crippen LogP) is 3.85. The summed E-state index contributed by atoms with van der Waals surface area (Å²) >= 11 is 5.98. The van der Waals surface area contributed by atoms with Crippen molar-refractivity contribution in [1.82, 2.24) is 4.98 Å². The first-order chi connectivity index (χ1) is 10.1.